The van der Waals surface area contributed by atoms with Crippen LogP contribution < -0.4 is 15.5 Å². The molecule has 0 radical (unpaired) electrons. The average Bonchev–Trinajstić information content (AvgIpc) is 3.52. The van der Waals surface area contributed by atoms with Crippen LogP contribution in [0.5, 0.6) is 0 Å². The number of rotatable bonds is 8. The summed E-state index contributed by atoms with van der Waals surface area (Å²) < 4.78 is 34.4. The van der Waals surface area contributed by atoms with Crippen molar-refractivity contribution >= 4 is 49.7 Å². The molecule has 1 aliphatic rings. The van der Waals surface area contributed by atoms with Crippen molar-refractivity contribution < 1.29 is 8.42 Å². The molecule has 2 N–H and O–H groups in total. The van der Waals surface area contributed by atoms with Gasteiger partial charge in [-0.1, -0.05) is 35.9 Å². The first kappa shape index (κ1) is 28.3. The summed E-state index contributed by atoms with van der Waals surface area (Å²) in [5, 5.41) is 4.85. The van der Waals surface area contributed by atoms with Gasteiger partial charge in [0.15, 0.2) is 11.0 Å². The Morgan fingerprint density at radius 2 is 1.70 bits per heavy atom. The molecule has 2 aromatic heterocycles. The van der Waals surface area contributed by atoms with Crippen LogP contribution in [0, 0.1) is 6.92 Å². The van der Waals surface area contributed by atoms with Gasteiger partial charge in [0.05, 0.1) is 5.69 Å². The largest absolute Gasteiger partial charge is 0.399 e. The molecule has 0 amide bonds. The molecule has 10 nitrogen and oxygen atoms in total. The molecule has 1 saturated heterocycles. The summed E-state index contributed by atoms with van der Waals surface area (Å²) in [6.07, 6.45) is 0.741. The summed E-state index contributed by atoms with van der Waals surface area (Å²) in [4.78, 5) is 9.19. The summed E-state index contributed by atoms with van der Waals surface area (Å²) in [5.74, 6) is 0.697. The molecule has 1 atom stereocenters. The molecule has 3 heterocycles. The minimum absolute atomic E-state index is 0.00117. The van der Waals surface area contributed by atoms with Gasteiger partial charge in [0.2, 0.25) is 15.2 Å². The van der Waals surface area contributed by atoms with E-state index >= 15 is 0 Å². The van der Waals surface area contributed by atoms with E-state index in [0.29, 0.717) is 37.6 Å². The van der Waals surface area contributed by atoms with Gasteiger partial charge in [0.25, 0.3) is 0 Å². The normalized spacial score (nSPS) is 15.4. The van der Waals surface area contributed by atoms with Crippen molar-refractivity contribution in [3.05, 3.63) is 76.3 Å². The molecule has 40 heavy (non-hydrogen) atoms. The SMILES string of the molecule is Cc1c(S(=O)(=O)N2CCN(c3nc(C(Cc4ccc(N(C)C)cc4)c4ccc(N)cc4)ns3)CC2)c(Cl)nn1C. The van der Waals surface area contributed by atoms with Crippen LogP contribution in [0.3, 0.4) is 0 Å². The number of nitrogen functional groups attached to an aromatic ring is 1. The second-order valence-electron chi connectivity index (χ2n) is 10.1. The fraction of sp³-hybridized carbons (Fsp3) is 0.370. The van der Waals surface area contributed by atoms with E-state index in [1.165, 1.54) is 26.1 Å². The third kappa shape index (κ3) is 5.67. The number of benzene rings is 2. The summed E-state index contributed by atoms with van der Waals surface area (Å²) >= 11 is 7.52. The van der Waals surface area contributed by atoms with E-state index in [9.17, 15) is 8.42 Å². The molecule has 0 bridgehead atoms. The number of sulfonamides is 1. The lowest BCUT2D eigenvalue weighted by atomic mass is 9.91. The Bertz CT molecular complexity index is 1580. The van der Waals surface area contributed by atoms with Crippen LogP contribution >= 0.6 is 23.1 Å². The average molecular weight is 601 g/mol. The molecule has 1 aliphatic heterocycles. The zero-order valence-electron chi connectivity index (χ0n) is 23.0. The third-order valence-electron chi connectivity index (χ3n) is 7.32. The van der Waals surface area contributed by atoms with Crippen LogP contribution in [-0.4, -0.2) is 72.1 Å². The number of aromatic nitrogens is 4. The summed E-state index contributed by atoms with van der Waals surface area (Å²) in [5.41, 5.74) is 10.6. The van der Waals surface area contributed by atoms with E-state index in [1.807, 2.05) is 38.4 Å². The van der Waals surface area contributed by atoms with E-state index in [4.69, 9.17) is 26.7 Å². The Morgan fingerprint density at radius 3 is 2.27 bits per heavy atom. The van der Waals surface area contributed by atoms with Gasteiger partial charge in [-0.3, -0.25) is 4.68 Å². The van der Waals surface area contributed by atoms with Crippen LogP contribution in [0.25, 0.3) is 0 Å². The number of aryl methyl sites for hydroxylation is 1. The number of hydrogen-bond acceptors (Lipinski definition) is 9. The molecule has 0 aliphatic carbocycles. The number of piperazine rings is 1. The fourth-order valence-electron chi connectivity index (χ4n) is 4.84. The second kappa shape index (κ2) is 11.4. The van der Waals surface area contributed by atoms with Gasteiger partial charge in [0.1, 0.15) is 4.90 Å². The summed E-state index contributed by atoms with van der Waals surface area (Å²) in [6, 6.07) is 16.4. The van der Waals surface area contributed by atoms with Crippen LogP contribution in [-0.2, 0) is 23.5 Å². The van der Waals surface area contributed by atoms with E-state index in [-0.39, 0.29) is 16.0 Å². The molecule has 0 saturated carbocycles. The first-order chi connectivity index (χ1) is 19.0. The van der Waals surface area contributed by atoms with Crippen molar-refractivity contribution in [2.75, 3.05) is 55.8 Å². The monoisotopic (exact) mass is 600 g/mol. The van der Waals surface area contributed by atoms with Crippen molar-refractivity contribution in [3.63, 3.8) is 0 Å². The maximum Gasteiger partial charge on any atom is 0.248 e. The van der Waals surface area contributed by atoms with Gasteiger partial charge >= 0.3 is 0 Å². The Kier molecular flexibility index (Phi) is 8.05. The van der Waals surface area contributed by atoms with Crippen molar-refractivity contribution in [2.45, 2.75) is 24.2 Å². The third-order valence-corrected chi connectivity index (χ3v) is 10.5. The lowest BCUT2D eigenvalue weighted by Crippen LogP contribution is -2.48. The van der Waals surface area contributed by atoms with Gasteiger partial charge in [-0.25, -0.2) is 13.4 Å². The number of nitrogens with zero attached hydrogens (tertiary/aromatic N) is 7. The van der Waals surface area contributed by atoms with Crippen LogP contribution in [0.2, 0.25) is 5.15 Å². The maximum atomic E-state index is 13.3. The molecule has 212 valence electrons. The summed E-state index contributed by atoms with van der Waals surface area (Å²) in [7, 11) is 1.98. The molecule has 2 aromatic carbocycles. The highest BCUT2D eigenvalue weighted by Crippen LogP contribution is 2.32. The number of halogens is 1. The first-order valence-corrected chi connectivity index (χ1v) is 15.5. The molecule has 1 unspecified atom stereocenters. The van der Waals surface area contributed by atoms with E-state index in [2.05, 4.69) is 39.2 Å². The quantitative estimate of drug-likeness (QED) is 0.304. The van der Waals surface area contributed by atoms with Gasteiger partial charge in [-0.05, 0) is 48.7 Å². The van der Waals surface area contributed by atoms with Crippen LogP contribution in [0.4, 0.5) is 16.5 Å². The van der Waals surface area contributed by atoms with Crippen molar-refractivity contribution in [1.82, 2.24) is 23.4 Å². The zero-order chi connectivity index (χ0) is 28.6. The maximum absolute atomic E-state index is 13.3. The highest BCUT2D eigenvalue weighted by atomic mass is 35.5. The molecule has 4 aromatic rings. The Hall–Kier alpha value is -3.19. The van der Waals surface area contributed by atoms with Gasteiger partial charge in [-0.15, -0.1) is 0 Å². The van der Waals surface area contributed by atoms with E-state index in [1.54, 1.807) is 14.0 Å². The highest BCUT2D eigenvalue weighted by Gasteiger charge is 2.34. The molecule has 0 spiro atoms. The molecular formula is C27H33ClN8O2S2. The van der Waals surface area contributed by atoms with Crippen molar-refractivity contribution in [3.8, 4) is 0 Å². The second-order valence-corrected chi connectivity index (χ2v) is 13.1. The zero-order valence-corrected chi connectivity index (χ0v) is 25.3. The first-order valence-electron chi connectivity index (χ1n) is 12.9. The van der Waals surface area contributed by atoms with Gasteiger partial charge in [0, 0.05) is 76.1 Å². The topological polar surface area (TPSA) is 113 Å². The number of hydrogen-bond donors (Lipinski definition) is 1. The minimum Gasteiger partial charge on any atom is -0.399 e. The smallest absolute Gasteiger partial charge is 0.248 e. The fourth-order valence-corrected chi connectivity index (χ4v) is 7.82. The van der Waals surface area contributed by atoms with E-state index < -0.39 is 10.0 Å². The molecule has 13 heteroatoms. The number of nitrogens with two attached hydrogens (primary N) is 1. The highest BCUT2D eigenvalue weighted by molar-refractivity contribution is 7.89. The molecule has 5 rings (SSSR count). The molecule has 1 fully saturated rings. The van der Waals surface area contributed by atoms with Gasteiger partial charge < -0.3 is 15.5 Å². The Balaban J connectivity index is 1.34. The lowest BCUT2D eigenvalue weighted by Gasteiger charge is -2.33. The van der Waals surface area contributed by atoms with Crippen LogP contribution in [0.1, 0.15) is 28.6 Å². The number of anilines is 3. The lowest BCUT2D eigenvalue weighted by molar-refractivity contribution is 0.384. The Labute approximate surface area is 244 Å². The van der Waals surface area contributed by atoms with Crippen molar-refractivity contribution in [1.29, 1.82) is 0 Å². The predicted molar refractivity (Wildman–Crippen MR) is 161 cm³/mol. The Morgan fingerprint density at radius 1 is 1.05 bits per heavy atom. The van der Waals surface area contributed by atoms with Crippen molar-refractivity contribution in [2.24, 2.45) is 7.05 Å². The standard InChI is InChI=1S/C27H33ClN8O2S2/c1-18-24(25(28)31-34(18)4)40(37,38)36-15-13-35(14-16-36)27-30-26(32-39-27)23(20-7-9-21(29)10-8-20)17-19-5-11-22(12-6-19)33(2)3/h5-12,23H,13-17,29H2,1-4H3. The predicted octanol–water partition coefficient (Wildman–Crippen LogP) is 3.77. The molecular weight excluding hydrogens is 568 g/mol. The minimum atomic E-state index is -3.75. The van der Waals surface area contributed by atoms with Crippen LogP contribution in [0.15, 0.2) is 53.4 Å². The van der Waals surface area contributed by atoms with Gasteiger partial charge in [-0.2, -0.15) is 13.8 Å². The summed E-state index contributed by atoms with van der Waals surface area (Å²) in [6.45, 7) is 3.36. The van der Waals surface area contributed by atoms with E-state index in [0.717, 1.165) is 28.6 Å².